The van der Waals surface area contributed by atoms with Crippen molar-refractivity contribution in [2.75, 3.05) is 13.7 Å². The maximum Gasteiger partial charge on any atom is 0.251 e. The van der Waals surface area contributed by atoms with Crippen LogP contribution in [-0.2, 0) is 11.5 Å². The molecular formula is C12H25N3O2Si. The van der Waals surface area contributed by atoms with Crippen molar-refractivity contribution in [1.82, 2.24) is 9.78 Å². The van der Waals surface area contributed by atoms with E-state index in [1.165, 1.54) is 6.04 Å². The van der Waals surface area contributed by atoms with E-state index in [1.807, 2.05) is 10.9 Å². The van der Waals surface area contributed by atoms with Crippen molar-refractivity contribution in [2.45, 2.75) is 45.8 Å². The van der Waals surface area contributed by atoms with Gasteiger partial charge in [0.2, 0.25) is 5.82 Å². The molecule has 0 aliphatic heterocycles. The van der Waals surface area contributed by atoms with Crippen LogP contribution in [0.15, 0.2) is 4.99 Å². The van der Waals surface area contributed by atoms with Crippen LogP contribution in [0.2, 0.25) is 25.7 Å². The minimum atomic E-state index is -1.01. The number of aromatic nitrogens is 2. The van der Waals surface area contributed by atoms with Crippen molar-refractivity contribution >= 4 is 20.1 Å². The Morgan fingerprint density at radius 2 is 2.11 bits per heavy atom. The van der Waals surface area contributed by atoms with Crippen LogP contribution in [-0.4, -0.2) is 37.8 Å². The third-order valence-corrected chi connectivity index (χ3v) is 4.22. The molecule has 1 rings (SSSR count). The molecule has 18 heavy (non-hydrogen) atoms. The Labute approximate surface area is 110 Å². The van der Waals surface area contributed by atoms with E-state index in [4.69, 9.17) is 9.47 Å². The van der Waals surface area contributed by atoms with Gasteiger partial charge in [-0.05, 0) is 12.5 Å². The van der Waals surface area contributed by atoms with E-state index in [-0.39, 0.29) is 0 Å². The minimum Gasteiger partial charge on any atom is -0.479 e. The molecule has 0 atom stereocenters. The van der Waals surface area contributed by atoms with Crippen molar-refractivity contribution in [3.63, 3.8) is 0 Å². The maximum atomic E-state index is 5.65. The Hall–Kier alpha value is -1.01. The number of nitrogens with zero attached hydrogens (tertiary/aromatic N) is 2. The predicted octanol–water partition coefficient (Wildman–Crippen LogP) is 3.25. The van der Waals surface area contributed by atoms with E-state index in [0.29, 0.717) is 12.6 Å². The molecule has 0 aromatic carbocycles. The molecule has 0 unspecified atom stereocenters. The number of ether oxygens (including phenoxy) is 2. The lowest BCUT2D eigenvalue weighted by atomic mass is 10.5. The third-order valence-electron chi connectivity index (χ3n) is 2.51. The number of H-pyrrole nitrogens is 1. The Morgan fingerprint density at radius 3 is 2.67 bits per heavy atom. The van der Waals surface area contributed by atoms with Gasteiger partial charge < -0.3 is 9.47 Å². The zero-order valence-electron chi connectivity index (χ0n) is 12.1. The Bertz CT molecular complexity index is 377. The van der Waals surface area contributed by atoms with Crippen LogP contribution in [0.1, 0.15) is 13.3 Å². The molecule has 1 aromatic rings. The Kier molecular flexibility index (Phi) is 5.68. The lowest BCUT2D eigenvalue weighted by molar-refractivity contribution is 0.0725. The maximum absolute atomic E-state index is 5.65. The highest BCUT2D eigenvalue weighted by Gasteiger charge is 2.15. The first-order valence-electron chi connectivity index (χ1n) is 6.40. The zero-order chi connectivity index (χ0) is 13.6. The first-order chi connectivity index (χ1) is 8.48. The molecule has 6 heteroatoms. The molecule has 0 radical (unpaired) electrons. The number of hydrogen-bond acceptors (Lipinski definition) is 3. The van der Waals surface area contributed by atoms with Gasteiger partial charge in [0.05, 0.1) is 7.11 Å². The molecular weight excluding hydrogens is 246 g/mol. The summed E-state index contributed by atoms with van der Waals surface area (Å²) in [5, 5.41) is 3.05. The van der Waals surface area contributed by atoms with E-state index in [1.54, 1.807) is 7.11 Å². The fraction of sp³-hybridized carbons (Fsp3) is 0.750. The summed E-state index contributed by atoms with van der Waals surface area (Å²) in [5.74, 6) is 1.51. The highest BCUT2D eigenvalue weighted by atomic mass is 28.3. The van der Waals surface area contributed by atoms with Gasteiger partial charge in [-0.1, -0.05) is 26.6 Å². The molecule has 104 valence electrons. The van der Waals surface area contributed by atoms with Crippen molar-refractivity contribution in [1.29, 1.82) is 0 Å². The van der Waals surface area contributed by atoms with E-state index in [2.05, 4.69) is 36.7 Å². The number of hydrogen-bond donors (Lipinski definition) is 1. The van der Waals surface area contributed by atoms with Gasteiger partial charge >= 0.3 is 0 Å². The van der Waals surface area contributed by atoms with Gasteiger partial charge in [0.1, 0.15) is 6.73 Å². The molecule has 5 nitrogen and oxygen atoms in total. The zero-order valence-corrected chi connectivity index (χ0v) is 13.1. The molecule has 0 saturated carbocycles. The van der Waals surface area contributed by atoms with E-state index in [0.717, 1.165) is 18.8 Å². The smallest absolute Gasteiger partial charge is 0.251 e. The third kappa shape index (κ3) is 4.70. The number of methoxy groups -OCH3 is 1. The first kappa shape index (κ1) is 15.0. The average Bonchev–Trinajstić information content (AvgIpc) is 2.26. The second kappa shape index (κ2) is 6.80. The van der Waals surface area contributed by atoms with Crippen LogP contribution < -0.4 is 4.74 Å². The summed E-state index contributed by atoms with van der Waals surface area (Å²) in [6.45, 7) is 10.4. The van der Waals surface area contributed by atoms with Gasteiger partial charge in [-0.15, -0.1) is 0 Å². The molecule has 0 spiro atoms. The van der Waals surface area contributed by atoms with Gasteiger partial charge in [-0.25, -0.2) is 9.67 Å². The highest BCUT2D eigenvalue weighted by molar-refractivity contribution is 6.76. The number of aromatic amines is 1. The summed E-state index contributed by atoms with van der Waals surface area (Å²) in [4.78, 5) is 4.33. The van der Waals surface area contributed by atoms with Gasteiger partial charge in [0.25, 0.3) is 5.88 Å². The highest BCUT2D eigenvalue weighted by Crippen LogP contribution is 2.28. The molecule has 0 saturated heterocycles. The lowest BCUT2D eigenvalue weighted by Crippen LogP contribution is -2.22. The van der Waals surface area contributed by atoms with E-state index in [9.17, 15) is 0 Å². The predicted molar refractivity (Wildman–Crippen MR) is 77.9 cm³/mol. The number of aliphatic imine (C=N–C) groups is 1. The molecule has 1 aromatic heterocycles. The van der Waals surface area contributed by atoms with Crippen LogP contribution >= 0.6 is 0 Å². The summed E-state index contributed by atoms with van der Waals surface area (Å²) < 4.78 is 12.7. The molecule has 1 heterocycles. The molecule has 0 aliphatic rings. The van der Waals surface area contributed by atoms with Gasteiger partial charge in [0, 0.05) is 20.9 Å². The standard InChI is InChI=1S/C12H25N3O2Si/c1-6-7-13-11-12(16-2)14-15(11)10-17-8-9-18(3,4)5/h7,14H,6,8-10H2,1-5H3/b13-7-. The number of rotatable bonds is 8. The van der Waals surface area contributed by atoms with Crippen molar-refractivity contribution in [3.05, 3.63) is 0 Å². The van der Waals surface area contributed by atoms with Gasteiger partial charge in [-0.3, -0.25) is 5.10 Å². The topological polar surface area (TPSA) is 51.5 Å². The van der Waals surface area contributed by atoms with Crippen molar-refractivity contribution in [2.24, 2.45) is 4.99 Å². The molecule has 1 N–H and O–H groups in total. The van der Waals surface area contributed by atoms with Crippen molar-refractivity contribution in [3.8, 4) is 5.88 Å². The van der Waals surface area contributed by atoms with Crippen LogP contribution in [0, 0.1) is 0 Å². The second-order valence-corrected chi connectivity index (χ2v) is 11.1. The normalized spacial score (nSPS) is 12.5. The van der Waals surface area contributed by atoms with Crippen molar-refractivity contribution < 1.29 is 9.47 Å². The van der Waals surface area contributed by atoms with Crippen LogP contribution in [0.25, 0.3) is 0 Å². The fourth-order valence-corrected chi connectivity index (χ4v) is 2.12. The van der Waals surface area contributed by atoms with E-state index >= 15 is 0 Å². The van der Waals surface area contributed by atoms with Crippen LogP contribution in [0.5, 0.6) is 5.88 Å². The monoisotopic (exact) mass is 271 g/mol. The summed E-state index contributed by atoms with van der Waals surface area (Å²) in [6, 6.07) is 1.18. The summed E-state index contributed by atoms with van der Waals surface area (Å²) in [6.07, 6.45) is 2.77. The molecule has 0 fully saturated rings. The summed E-state index contributed by atoms with van der Waals surface area (Å²) in [7, 11) is 0.622. The average molecular weight is 271 g/mol. The fourth-order valence-electron chi connectivity index (χ4n) is 1.37. The van der Waals surface area contributed by atoms with Gasteiger partial charge in [-0.2, -0.15) is 0 Å². The summed E-state index contributed by atoms with van der Waals surface area (Å²) >= 11 is 0. The van der Waals surface area contributed by atoms with Gasteiger partial charge in [0.15, 0.2) is 0 Å². The largest absolute Gasteiger partial charge is 0.479 e. The minimum absolute atomic E-state index is 0.508. The number of nitrogens with one attached hydrogen (secondary N) is 1. The first-order valence-corrected chi connectivity index (χ1v) is 10.1. The molecule has 0 bridgehead atoms. The Morgan fingerprint density at radius 1 is 1.39 bits per heavy atom. The SMILES string of the molecule is CC/C=N\c1c(OC)[nH]n1COCC[Si](C)(C)C. The van der Waals surface area contributed by atoms with Crippen LogP contribution in [0.3, 0.4) is 0 Å². The van der Waals surface area contributed by atoms with Crippen LogP contribution in [0.4, 0.5) is 5.82 Å². The molecule has 0 amide bonds. The summed E-state index contributed by atoms with van der Waals surface area (Å²) in [5.41, 5.74) is 0. The van der Waals surface area contributed by atoms with E-state index < -0.39 is 8.07 Å². The Balaban J connectivity index is 2.41. The molecule has 0 aliphatic carbocycles. The second-order valence-electron chi connectivity index (χ2n) is 5.46. The quantitative estimate of drug-likeness (QED) is 0.448. The lowest BCUT2D eigenvalue weighted by Gasteiger charge is -2.20.